The first-order valence-electron chi connectivity index (χ1n) is 9.72. The lowest BCUT2D eigenvalue weighted by Gasteiger charge is -2.35. The Morgan fingerprint density at radius 3 is 2.31 bits per heavy atom. The predicted octanol–water partition coefficient (Wildman–Crippen LogP) is 0.886. The number of carbonyl (C=O) groups excluding carboxylic acids is 1. The molecule has 1 amide bonds. The average Bonchev–Trinajstić information content (AvgIpc) is 3.60. The number of carbonyl (C=O) groups is 2. The van der Waals surface area contributed by atoms with Gasteiger partial charge in [0.05, 0.1) is 6.54 Å². The number of nitrogens with zero attached hydrogens (tertiary/aromatic N) is 6. The van der Waals surface area contributed by atoms with Crippen molar-refractivity contribution in [3.63, 3.8) is 0 Å². The van der Waals surface area contributed by atoms with Gasteiger partial charge in [-0.05, 0) is 36.6 Å². The fourth-order valence-electron chi connectivity index (χ4n) is 3.33. The second-order valence-electron chi connectivity index (χ2n) is 7.03. The van der Waals surface area contributed by atoms with Crippen LogP contribution in [0.2, 0.25) is 0 Å². The van der Waals surface area contributed by atoms with E-state index in [2.05, 4.69) is 24.8 Å². The van der Waals surface area contributed by atoms with Crippen LogP contribution in [0.5, 0.6) is 0 Å². The molecule has 1 aliphatic heterocycles. The highest BCUT2D eigenvalue weighted by Crippen LogP contribution is 2.28. The van der Waals surface area contributed by atoms with Crippen molar-refractivity contribution in [1.82, 2.24) is 24.8 Å². The number of rotatable bonds is 6. The third kappa shape index (κ3) is 6.21. The summed E-state index contributed by atoms with van der Waals surface area (Å²) >= 11 is 0. The van der Waals surface area contributed by atoms with Crippen LogP contribution in [0, 0.1) is 0 Å². The summed E-state index contributed by atoms with van der Waals surface area (Å²) in [6.07, 6.45) is 9.35. The Bertz CT molecular complexity index is 764. The van der Waals surface area contributed by atoms with Gasteiger partial charge >= 0.3 is 0 Å². The summed E-state index contributed by atoms with van der Waals surface area (Å²) in [4.78, 5) is 40.4. The quantitative estimate of drug-likeness (QED) is 0.716. The summed E-state index contributed by atoms with van der Waals surface area (Å²) in [7, 11) is 0. The Kier molecular flexibility index (Phi) is 7.46. The van der Waals surface area contributed by atoms with E-state index >= 15 is 0 Å². The second kappa shape index (κ2) is 10.5. The molecule has 2 aliphatic rings. The summed E-state index contributed by atoms with van der Waals surface area (Å²) in [5.74, 6) is 1.00. The number of carboxylic acid groups (broad SMARTS) is 1. The van der Waals surface area contributed by atoms with E-state index in [9.17, 15) is 4.79 Å². The molecule has 1 saturated heterocycles. The molecule has 0 aromatic carbocycles. The maximum absolute atomic E-state index is 12.9. The molecule has 2 fully saturated rings. The summed E-state index contributed by atoms with van der Waals surface area (Å²) in [6.45, 7) is 4.35. The van der Waals surface area contributed by atoms with Gasteiger partial charge in [-0.15, -0.1) is 0 Å². The maximum Gasteiger partial charge on any atom is 0.290 e. The molecule has 2 aromatic heterocycles. The molecule has 3 heterocycles. The van der Waals surface area contributed by atoms with Crippen molar-refractivity contribution in [2.75, 3.05) is 37.6 Å². The monoisotopic (exact) mass is 398 g/mol. The van der Waals surface area contributed by atoms with Crippen LogP contribution in [0.1, 0.15) is 18.4 Å². The fourth-order valence-corrected chi connectivity index (χ4v) is 3.33. The Morgan fingerprint density at radius 2 is 1.72 bits per heavy atom. The molecule has 9 heteroatoms. The molecule has 4 rings (SSSR count). The van der Waals surface area contributed by atoms with Gasteiger partial charge in [-0.2, -0.15) is 0 Å². The summed E-state index contributed by atoms with van der Waals surface area (Å²) in [5, 5.41) is 6.89. The van der Waals surface area contributed by atoms with Gasteiger partial charge in [-0.25, -0.2) is 9.97 Å². The smallest absolute Gasteiger partial charge is 0.290 e. The van der Waals surface area contributed by atoms with Crippen LogP contribution >= 0.6 is 0 Å². The number of anilines is 1. The van der Waals surface area contributed by atoms with E-state index in [-0.39, 0.29) is 12.4 Å². The Hall–Kier alpha value is -3.07. The van der Waals surface area contributed by atoms with Gasteiger partial charge in [-0.1, -0.05) is 0 Å². The minimum Gasteiger partial charge on any atom is -0.483 e. The summed E-state index contributed by atoms with van der Waals surface area (Å²) in [6, 6.07) is 6.21. The van der Waals surface area contributed by atoms with E-state index in [1.807, 2.05) is 23.1 Å². The second-order valence-corrected chi connectivity index (χ2v) is 7.03. The van der Waals surface area contributed by atoms with Gasteiger partial charge in [0.25, 0.3) is 6.47 Å². The van der Waals surface area contributed by atoms with E-state index in [4.69, 9.17) is 9.90 Å². The van der Waals surface area contributed by atoms with Crippen molar-refractivity contribution in [3.05, 3.63) is 48.5 Å². The van der Waals surface area contributed by atoms with E-state index < -0.39 is 0 Å². The molecule has 29 heavy (non-hydrogen) atoms. The van der Waals surface area contributed by atoms with Crippen molar-refractivity contribution in [1.29, 1.82) is 0 Å². The first kappa shape index (κ1) is 20.7. The topological polar surface area (TPSA) is 103 Å². The molecule has 0 atom stereocenters. The summed E-state index contributed by atoms with van der Waals surface area (Å²) < 4.78 is 0. The van der Waals surface area contributed by atoms with E-state index in [0.717, 1.165) is 50.5 Å². The minimum absolute atomic E-state index is 0.230. The van der Waals surface area contributed by atoms with Gasteiger partial charge < -0.3 is 14.9 Å². The molecule has 1 aliphatic carbocycles. The van der Waals surface area contributed by atoms with Crippen LogP contribution < -0.4 is 4.90 Å². The van der Waals surface area contributed by atoms with Crippen LogP contribution in [0.25, 0.3) is 0 Å². The molecule has 9 nitrogen and oxygen atoms in total. The highest BCUT2D eigenvalue weighted by molar-refractivity contribution is 5.79. The Morgan fingerprint density at radius 1 is 1.10 bits per heavy atom. The van der Waals surface area contributed by atoms with Crippen LogP contribution in [0.3, 0.4) is 0 Å². The molecule has 2 aromatic rings. The lowest BCUT2D eigenvalue weighted by Crippen LogP contribution is -2.50. The van der Waals surface area contributed by atoms with Gasteiger partial charge in [0, 0.05) is 63.6 Å². The van der Waals surface area contributed by atoms with Crippen LogP contribution in [0.4, 0.5) is 5.95 Å². The highest BCUT2D eigenvalue weighted by Gasteiger charge is 2.33. The van der Waals surface area contributed by atoms with Crippen LogP contribution in [-0.4, -0.2) is 81.0 Å². The molecule has 0 unspecified atom stereocenters. The van der Waals surface area contributed by atoms with Crippen molar-refractivity contribution >= 4 is 18.3 Å². The fraction of sp³-hybridized carbons (Fsp3) is 0.450. The molecule has 1 N–H and O–H groups in total. The number of amides is 1. The number of aromatic nitrogens is 3. The molecule has 154 valence electrons. The van der Waals surface area contributed by atoms with Gasteiger partial charge in [0.2, 0.25) is 11.9 Å². The lowest BCUT2D eigenvalue weighted by atomic mass is 10.2. The molecule has 0 radical (unpaired) electrons. The van der Waals surface area contributed by atoms with Gasteiger partial charge in [0.1, 0.15) is 0 Å². The SMILES string of the molecule is O=C(CN1CCN(c2ncccn2)CC1)N(Cc1ccncc1)C1CC1.O=CO. The molecule has 0 bridgehead atoms. The first-order chi connectivity index (χ1) is 14.2. The molecule has 1 saturated carbocycles. The summed E-state index contributed by atoms with van der Waals surface area (Å²) in [5.41, 5.74) is 1.14. The van der Waals surface area contributed by atoms with Crippen molar-refractivity contribution in [2.24, 2.45) is 0 Å². The molecular weight excluding hydrogens is 372 g/mol. The van der Waals surface area contributed by atoms with Crippen molar-refractivity contribution in [2.45, 2.75) is 25.4 Å². The third-order valence-corrected chi connectivity index (χ3v) is 4.98. The van der Waals surface area contributed by atoms with Crippen molar-refractivity contribution < 1.29 is 14.7 Å². The largest absolute Gasteiger partial charge is 0.483 e. The number of pyridine rings is 1. The standard InChI is InChI=1S/C19H24N6O.CH2O2/c26-18(25(17-2-3-17)14-16-4-8-20-9-5-16)15-23-10-12-24(13-11-23)19-21-6-1-7-22-19;2-1-3/h1,4-9,17H,2-3,10-15H2;1H,(H,2,3). The zero-order valence-electron chi connectivity index (χ0n) is 16.3. The molecule has 0 spiro atoms. The number of hydrogen-bond donors (Lipinski definition) is 1. The Balaban J connectivity index is 0.000000755. The zero-order valence-corrected chi connectivity index (χ0v) is 16.3. The first-order valence-corrected chi connectivity index (χ1v) is 9.72. The average molecular weight is 398 g/mol. The predicted molar refractivity (Wildman–Crippen MR) is 107 cm³/mol. The normalized spacial score (nSPS) is 16.5. The highest BCUT2D eigenvalue weighted by atomic mass is 16.3. The lowest BCUT2D eigenvalue weighted by molar-refractivity contribution is -0.133. The minimum atomic E-state index is -0.250. The van der Waals surface area contributed by atoms with Crippen LogP contribution in [0.15, 0.2) is 43.0 Å². The zero-order chi connectivity index (χ0) is 20.5. The van der Waals surface area contributed by atoms with Gasteiger partial charge in [0.15, 0.2) is 0 Å². The Labute approximate surface area is 170 Å². The van der Waals surface area contributed by atoms with E-state index in [1.54, 1.807) is 24.8 Å². The van der Waals surface area contributed by atoms with Crippen molar-refractivity contribution in [3.8, 4) is 0 Å². The number of hydrogen-bond acceptors (Lipinski definition) is 7. The molecular formula is C20H26N6O3. The van der Waals surface area contributed by atoms with Crippen LogP contribution in [-0.2, 0) is 16.1 Å². The third-order valence-electron chi connectivity index (χ3n) is 4.98. The van der Waals surface area contributed by atoms with E-state index in [0.29, 0.717) is 19.1 Å². The number of piperazine rings is 1. The van der Waals surface area contributed by atoms with Gasteiger partial charge in [-0.3, -0.25) is 19.5 Å². The van der Waals surface area contributed by atoms with E-state index in [1.165, 1.54) is 0 Å². The maximum atomic E-state index is 12.9.